The molecular formula is C17H27N3O. The largest absolute Gasteiger partial charge is 0.320 e. The predicted octanol–water partition coefficient (Wildman–Crippen LogP) is 2.09. The van der Waals surface area contributed by atoms with E-state index in [9.17, 15) is 4.79 Å². The van der Waals surface area contributed by atoms with Gasteiger partial charge in [-0.2, -0.15) is 0 Å². The molecule has 1 amide bonds. The average molecular weight is 289 g/mol. The molecule has 4 nitrogen and oxygen atoms in total. The average Bonchev–Trinajstić information content (AvgIpc) is 2.82. The van der Waals surface area contributed by atoms with Crippen molar-refractivity contribution in [2.24, 2.45) is 5.92 Å². The summed E-state index contributed by atoms with van der Waals surface area (Å²) in [5.41, 5.74) is 1.16. The Balaban J connectivity index is 2.21. The lowest BCUT2D eigenvalue weighted by molar-refractivity contribution is -0.131. The molecule has 0 aromatic heterocycles. The van der Waals surface area contributed by atoms with Gasteiger partial charge < -0.3 is 9.80 Å². The van der Waals surface area contributed by atoms with Crippen molar-refractivity contribution in [1.29, 1.82) is 0 Å². The third kappa shape index (κ3) is 3.63. The van der Waals surface area contributed by atoms with Crippen LogP contribution in [0.25, 0.3) is 0 Å². The lowest BCUT2D eigenvalue weighted by Gasteiger charge is -2.26. The number of amides is 1. The third-order valence-electron chi connectivity index (χ3n) is 4.31. The summed E-state index contributed by atoms with van der Waals surface area (Å²) in [5, 5.41) is 3.54. The van der Waals surface area contributed by atoms with Crippen LogP contribution in [0.3, 0.4) is 0 Å². The molecule has 0 bridgehead atoms. The fourth-order valence-corrected chi connectivity index (χ4v) is 2.74. The highest BCUT2D eigenvalue weighted by Crippen LogP contribution is 2.28. The van der Waals surface area contributed by atoms with Crippen molar-refractivity contribution in [1.82, 2.24) is 15.1 Å². The molecule has 1 saturated heterocycles. The maximum Gasteiger partial charge on any atom is 0.241 e. The second-order valence-corrected chi connectivity index (χ2v) is 6.18. The normalized spacial score (nSPS) is 23.9. The molecule has 21 heavy (non-hydrogen) atoms. The minimum atomic E-state index is -0.0673. The molecule has 116 valence electrons. The smallest absolute Gasteiger partial charge is 0.241 e. The lowest BCUT2D eigenvalue weighted by atomic mass is 9.99. The quantitative estimate of drug-likeness (QED) is 0.871. The van der Waals surface area contributed by atoms with Crippen molar-refractivity contribution in [2.45, 2.75) is 32.5 Å². The van der Waals surface area contributed by atoms with E-state index in [2.05, 4.69) is 36.2 Å². The summed E-state index contributed by atoms with van der Waals surface area (Å²) in [4.78, 5) is 16.9. The molecule has 0 saturated carbocycles. The monoisotopic (exact) mass is 289 g/mol. The zero-order valence-corrected chi connectivity index (χ0v) is 13.5. The molecule has 1 aliphatic rings. The molecule has 0 aliphatic carbocycles. The third-order valence-corrected chi connectivity index (χ3v) is 4.31. The van der Waals surface area contributed by atoms with E-state index in [4.69, 9.17) is 0 Å². The SMILES string of the molecule is CCC(C)C1NC(c2ccccc2)N(CCN(C)C)C1=O. The Hall–Kier alpha value is -1.39. The van der Waals surface area contributed by atoms with Crippen LogP contribution in [-0.2, 0) is 4.79 Å². The Labute approximate surface area is 128 Å². The molecule has 0 spiro atoms. The molecule has 1 fully saturated rings. The van der Waals surface area contributed by atoms with Crippen molar-refractivity contribution in [3.63, 3.8) is 0 Å². The van der Waals surface area contributed by atoms with Crippen LogP contribution in [-0.4, -0.2) is 48.9 Å². The van der Waals surface area contributed by atoms with Gasteiger partial charge in [-0.15, -0.1) is 0 Å². The standard InChI is InChI=1S/C17H27N3O/c1-5-13(2)15-17(21)20(12-11-19(3)4)16(18-15)14-9-7-6-8-10-14/h6-10,13,15-16,18H,5,11-12H2,1-4H3. The maximum atomic E-state index is 12.7. The first-order chi connectivity index (χ1) is 10.0. The van der Waals surface area contributed by atoms with Crippen molar-refractivity contribution < 1.29 is 4.79 Å². The van der Waals surface area contributed by atoms with Crippen molar-refractivity contribution in [3.8, 4) is 0 Å². The summed E-state index contributed by atoms with van der Waals surface area (Å²) in [7, 11) is 4.08. The van der Waals surface area contributed by atoms with E-state index in [-0.39, 0.29) is 18.1 Å². The van der Waals surface area contributed by atoms with E-state index < -0.39 is 0 Å². The first kappa shape index (κ1) is 16.0. The highest BCUT2D eigenvalue weighted by molar-refractivity contribution is 5.85. The highest BCUT2D eigenvalue weighted by Gasteiger charge is 2.41. The molecule has 1 aromatic carbocycles. The summed E-state index contributed by atoms with van der Waals surface area (Å²) in [6.07, 6.45) is 1.00. The van der Waals surface area contributed by atoms with Gasteiger partial charge in [0.1, 0.15) is 6.17 Å². The molecule has 4 heteroatoms. The number of hydrogen-bond donors (Lipinski definition) is 1. The van der Waals surface area contributed by atoms with Crippen LogP contribution in [0.15, 0.2) is 30.3 Å². The van der Waals surface area contributed by atoms with Crippen LogP contribution in [0, 0.1) is 5.92 Å². The van der Waals surface area contributed by atoms with Crippen molar-refractivity contribution >= 4 is 5.91 Å². The van der Waals surface area contributed by atoms with Gasteiger partial charge in [0.25, 0.3) is 0 Å². The van der Waals surface area contributed by atoms with Gasteiger partial charge in [0.15, 0.2) is 0 Å². The first-order valence-corrected chi connectivity index (χ1v) is 7.80. The minimum absolute atomic E-state index is 0.00218. The first-order valence-electron chi connectivity index (χ1n) is 7.80. The number of likely N-dealkylation sites (N-methyl/N-ethyl adjacent to an activating group) is 1. The second kappa shape index (κ2) is 7.05. The Morgan fingerprint density at radius 2 is 1.95 bits per heavy atom. The number of carbonyl (C=O) groups excluding carboxylic acids is 1. The molecule has 3 atom stereocenters. The Morgan fingerprint density at radius 1 is 1.29 bits per heavy atom. The van der Waals surface area contributed by atoms with Crippen LogP contribution in [0.1, 0.15) is 32.0 Å². The zero-order valence-electron chi connectivity index (χ0n) is 13.5. The fraction of sp³-hybridized carbons (Fsp3) is 0.588. The van der Waals surface area contributed by atoms with E-state index in [0.29, 0.717) is 5.92 Å². The second-order valence-electron chi connectivity index (χ2n) is 6.18. The van der Waals surface area contributed by atoms with Crippen molar-refractivity contribution in [2.75, 3.05) is 27.2 Å². The number of benzene rings is 1. The van der Waals surface area contributed by atoms with Crippen LogP contribution >= 0.6 is 0 Å². The van der Waals surface area contributed by atoms with Crippen LogP contribution < -0.4 is 5.32 Å². The Kier molecular flexibility index (Phi) is 5.37. The van der Waals surface area contributed by atoms with Gasteiger partial charge >= 0.3 is 0 Å². The van der Waals surface area contributed by atoms with Gasteiger partial charge in [0.05, 0.1) is 6.04 Å². The zero-order chi connectivity index (χ0) is 15.4. The summed E-state index contributed by atoms with van der Waals surface area (Å²) >= 11 is 0. The summed E-state index contributed by atoms with van der Waals surface area (Å²) in [5.74, 6) is 0.591. The molecule has 2 rings (SSSR count). The molecule has 1 heterocycles. The Morgan fingerprint density at radius 3 is 2.52 bits per heavy atom. The minimum Gasteiger partial charge on any atom is -0.320 e. The summed E-state index contributed by atoms with van der Waals surface area (Å²) < 4.78 is 0. The van der Waals surface area contributed by atoms with E-state index in [1.807, 2.05) is 37.2 Å². The lowest BCUT2D eigenvalue weighted by Crippen LogP contribution is -2.38. The van der Waals surface area contributed by atoms with Crippen molar-refractivity contribution in [3.05, 3.63) is 35.9 Å². The highest BCUT2D eigenvalue weighted by atomic mass is 16.2. The van der Waals surface area contributed by atoms with Gasteiger partial charge in [-0.1, -0.05) is 50.6 Å². The number of rotatable bonds is 6. The summed E-state index contributed by atoms with van der Waals surface area (Å²) in [6.45, 7) is 5.92. The van der Waals surface area contributed by atoms with Gasteiger partial charge in [0.2, 0.25) is 5.91 Å². The van der Waals surface area contributed by atoms with Gasteiger partial charge in [-0.05, 0) is 25.6 Å². The van der Waals surface area contributed by atoms with Gasteiger partial charge in [0, 0.05) is 13.1 Å². The Bertz CT molecular complexity index is 460. The van der Waals surface area contributed by atoms with E-state index in [1.165, 1.54) is 0 Å². The number of carbonyl (C=O) groups is 1. The molecule has 3 unspecified atom stereocenters. The number of nitrogens with zero attached hydrogens (tertiary/aromatic N) is 2. The van der Waals surface area contributed by atoms with Crippen LogP contribution in [0.5, 0.6) is 0 Å². The van der Waals surface area contributed by atoms with Gasteiger partial charge in [-0.25, -0.2) is 0 Å². The molecule has 0 radical (unpaired) electrons. The predicted molar refractivity (Wildman–Crippen MR) is 85.8 cm³/mol. The van der Waals surface area contributed by atoms with Gasteiger partial charge in [-0.3, -0.25) is 10.1 Å². The fourth-order valence-electron chi connectivity index (χ4n) is 2.74. The summed E-state index contributed by atoms with van der Waals surface area (Å²) in [6, 6.07) is 10.2. The molecule has 1 aromatic rings. The molecule has 1 aliphatic heterocycles. The van der Waals surface area contributed by atoms with E-state index in [1.54, 1.807) is 0 Å². The van der Waals surface area contributed by atoms with Crippen LogP contribution in [0.4, 0.5) is 0 Å². The maximum absolute atomic E-state index is 12.7. The topological polar surface area (TPSA) is 35.6 Å². The number of hydrogen-bond acceptors (Lipinski definition) is 3. The number of nitrogens with one attached hydrogen (secondary N) is 1. The molecular weight excluding hydrogens is 262 g/mol. The van der Waals surface area contributed by atoms with E-state index >= 15 is 0 Å². The molecule has 1 N–H and O–H groups in total. The van der Waals surface area contributed by atoms with E-state index in [0.717, 1.165) is 25.1 Å². The van der Waals surface area contributed by atoms with Crippen LogP contribution in [0.2, 0.25) is 0 Å².